The standard InChI is InChI=1S/C15H18N4/c1-10(2)6-13(17)15-18-9-14(19-15)12-5-3-4-11(7-12)8-16/h3-5,7,9-10,13H,6,17H2,1-2H3,(H,18,19). The van der Waals surface area contributed by atoms with Crippen LogP contribution in [-0.2, 0) is 0 Å². The van der Waals surface area contributed by atoms with E-state index >= 15 is 0 Å². The highest BCUT2D eigenvalue weighted by atomic mass is 15.0. The van der Waals surface area contributed by atoms with Crippen LogP contribution in [0.4, 0.5) is 0 Å². The maximum Gasteiger partial charge on any atom is 0.123 e. The first-order valence-corrected chi connectivity index (χ1v) is 6.41. The third-order valence-electron chi connectivity index (χ3n) is 2.97. The minimum atomic E-state index is -0.0760. The van der Waals surface area contributed by atoms with Gasteiger partial charge in [0.2, 0.25) is 0 Å². The number of nitrogens with two attached hydrogens (primary N) is 1. The van der Waals surface area contributed by atoms with Gasteiger partial charge in [0, 0.05) is 5.56 Å². The molecule has 4 nitrogen and oxygen atoms in total. The first kappa shape index (κ1) is 13.3. The lowest BCUT2D eigenvalue weighted by molar-refractivity contribution is 0.496. The van der Waals surface area contributed by atoms with Crippen LogP contribution in [0, 0.1) is 17.2 Å². The number of benzene rings is 1. The van der Waals surface area contributed by atoms with Crippen LogP contribution < -0.4 is 5.73 Å². The van der Waals surface area contributed by atoms with Gasteiger partial charge in [-0.05, 0) is 24.5 Å². The third kappa shape index (κ3) is 3.21. The van der Waals surface area contributed by atoms with Crippen molar-refractivity contribution in [2.45, 2.75) is 26.3 Å². The highest BCUT2D eigenvalue weighted by Crippen LogP contribution is 2.22. The highest BCUT2D eigenvalue weighted by molar-refractivity contribution is 5.60. The number of imidazole rings is 1. The fourth-order valence-corrected chi connectivity index (χ4v) is 2.05. The molecule has 0 spiro atoms. The molecule has 0 bridgehead atoms. The van der Waals surface area contributed by atoms with Crippen molar-refractivity contribution in [3.8, 4) is 17.3 Å². The minimum absolute atomic E-state index is 0.0760. The fraction of sp³-hybridized carbons (Fsp3) is 0.333. The average molecular weight is 254 g/mol. The van der Waals surface area contributed by atoms with Crippen molar-refractivity contribution in [3.63, 3.8) is 0 Å². The number of H-pyrrole nitrogens is 1. The van der Waals surface area contributed by atoms with E-state index in [1.807, 2.05) is 18.2 Å². The second-order valence-corrected chi connectivity index (χ2v) is 5.11. The number of nitriles is 1. The van der Waals surface area contributed by atoms with Gasteiger partial charge in [-0.15, -0.1) is 0 Å². The molecule has 0 aliphatic carbocycles. The monoisotopic (exact) mass is 254 g/mol. The Morgan fingerprint density at radius 1 is 1.42 bits per heavy atom. The van der Waals surface area contributed by atoms with Crippen molar-refractivity contribution < 1.29 is 0 Å². The first-order valence-electron chi connectivity index (χ1n) is 6.41. The van der Waals surface area contributed by atoms with E-state index in [9.17, 15) is 0 Å². The quantitative estimate of drug-likeness (QED) is 0.880. The molecule has 2 aromatic rings. The maximum absolute atomic E-state index is 8.91. The number of aromatic nitrogens is 2. The zero-order chi connectivity index (χ0) is 13.8. The van der Waals surface area contributed by atoms with Crippen molar-refractivity contribution >= 4 is 0 Å². The van der Waals surface area contributed by atoms with Crippen LogP contribution in [-0.4, -0.2) is 9.97 Å². The van der Waals surface area contributed by atoms with Gasteiger partial charge in [0.15, 0.2) is 0 Å². The molecule has 0 radical (unpaired) electrons. The molecule has 1 heterocycles. The zero-order valence-electron chi connectivity index (χ0n) is 11.2. The van der Waals surface area contributed by atoms with E-state index in [1.54, 1.807) is 12.3 Å². The van der Waals surface area contributed by atoms with Gasteiger partial charge in [0.1, 0.15) is 5.82 Å². The summed E-state index contributed by atoms with van der Waals surface area (Å²) in [7, 11) is 0. The van der Waals surface area contributed by atoms with Gasteiger partial charge in [-0.25, -0.2) is 4.98 Å². The molecule has 0 fully saturated rings. The van der Waals surface area contributed by atoms with Crippen molar-refractivity contribution in [1.29, 1.82) is 5.26 Å². The number of hydrogen-bond donors (Lipinski definition) is 2. The molecule has 3 N–H and O–H groups in total. The van der Waals surface area contributed by atoms with Gasteiger partial charge in [0.25, 0.3) is 0 Å². The normalized spacial score (nSPS) is 12.4. The van der Waals surface area contributed by atoms with Crippen LogP contribution in [0.5, 0.6) is 0 Å². The van der Waals surface area contributed by atoms with E-state index in [-0.39, 0.29) is 6.04 Å². The second-order valence-electron chi connectivity index (χ2n) is 5.11. The number of rotatable bonds is 4. The topological polar surface area (TPSA) is 78.5 Å². The Hall–Kier alpha value is -2.12. The van der Waals surface area contributed by atoms with Crippen molar-refractivity contribution in [1.82, 2.24) is 9.97 Å². The van der Waals surface area contributed by atoms with Gasteiger partial charge in [-0.1, -0.05) is 26.0 Å². The third-order valence-corrected chi connectivity index (χ3v) is 2.97. The van der Waals surface area contributed by atoms with Gasteiger partial charge in [0.05, 0.1) is 29.6 Å². The van der Waals surface area contributed by atoms with Crippen molar-refractivity contribution in [2.24, 2.45) is 11.7 Å². The van der Waals surface area contributed by atoms with E-state index < -0.39 is 0 Å². The van der Waals surface area contributed by atoms with E-state index in [0.29, 0.717) is 11.5 Å². The molecule has 1 aromatic heterocycles. The van der Waals surface area contributed by atoms with E-state index in [0.717, 1.165) is 23.5 Å². The van der Waals surface area contributed by atoms with E-state index in [2.05, 4.69) is 29.9 Å². The molecule has 1 unspecified atom stereocenters. The molecule has 98 valence electrons. The average Bonchev–Trinajstić information content (AvgIpc) is 2.88. The lowest BCUT2D eigenvalue weighted by atomic mass is 10.0. The molecule has 19 heavy (non-hydrogen) atoms. The number of nitrogens with one attached hydrogen (secondary N) is 1. The largest absolute Gasteiger partial charge is 0.341 e. The molecular weight excluding hydrogens is 236 g/mol. The van der Waals surface area contributed by atoms with Crippen LogP contribution in [0.3, 0.4) is 0 Å². The first-order chi connectivity index (χ1) is 9.10. The summed E-state index contributed by atoms with van der Waals surface area (Å²) in [5.74, 6) is 1.33. The Balaban J connectivity index is 2.23. The summed E-state index contributed by atoms with van der Waals surface area (Å²) in [5, 5.41) is 8.91. The predicted octanol–water partition coefficient (Wildman–Crippen LogP) is 2.99. The van der Waals surface area contributed by atoms with Gasteiger partial charge >= 0.3 is 0 Å². The number of nitrogens with zero attached hydrogens (tertiary/aromatic N) is 2. The SMILES string of the molecule is CC(C)CC(N)c1ncc(-c2cccc(C#N)c2)[nH]1. The van der Waals surface area contributed by atoms with Crippen molar-refractivity contribution in [3.05, 3.63) is 41.9 Å². The van der Waals surface area contributed by atoms with Crippen LogP contribution >= 0.6 is 0 Å². The number of aromatic amines is 1. The molecule has 1 atom stereocenters. The molecule has 1 aromatic carbocycles. The molecule has 0 aliphatic rings. The molecule has 0 amide bonds. The Morgan fingerprint density at radius 2 is 2.21 bits per heavy atom. The van der Waals surface area contributed by atoms with Gasteiger partial charge < -0.3 is 10.7 Å². The molecule has 0 saturated carbocycles. The zero-order valence-corrected chi connectivity index (χ0v) is 11.2. The molecule has 0 aliphatic heterocycles. The summed E-state index contributed by atoms with van der Waals surface area (Å²) in [6.07, 6.45) is 2.66. The van der Waals surface area contributed by atoms with E-state index in [4.69, 9.17) is 11.0 Å². The summed E-state index contributed by atoms with van der Waals surface area (Å²) in [5.41, 5.74) is 8.58. The Bertz CT molecular complexity index is 592. The molecule has 4 heteroatoms. The molecular formula is C15H18N4. The Kier molecular flexibility index (Phi) is 3.98. The second kappa shape index (κ2) is 5.68. The highest BCUT2D eigenvalue weighted by Gasteiger charge is 2.12. The fourth-order valence-electron chi connectivity index (χ4n) is 2.05. The van der Waals surface area contributed by atoms with Gasteiger partial charge in [-0.2, -0.15) is 5.26 Å². The minimum Gasteiger partial charge on any atom is -0.341 e. The summed E-state index contributed by atoms with van der Waals surface area (Å²) in [4.78, 5) is 7.58. The summed E-state index contributed by atoms with van der Waals surface area (Å²) in [6, 6.07) is 9.49. The summed E-state index contributed by atoms with van der Waals surface area (Å²) >= 11 is 0. The van der Waals surface area contributed by atoms with Crippen LogP contribution in [0.2, 0.25) is 0 Å². The lowest BCUT2D eigenvalue weighted by Crippen LogP contribution is -2.14. The van der Waals surface area contributed by atoms with Gasteiger partial charge in [-0.3, -0.25) is 0 Å². The maximum atomic E-state index is 8.91. The lowest BCUT2D eigenvalue weighted by Gasteiger charge is -2.11. The van der Waals surface area contributed by atoms with Crippen LogP contribution in [0.15, 0.2) is 30.5 Å². The van der Waals surface area contributed by atoms with Crippen molar-refractivity contribution in [2.75, 3.05) is 0 Å². The number of hydrogen-bond acceptors (Lipinski definition) is 3. The summed E-state index contributed by atoms with van der Waals surface area (Å²) < 4.78 is 0. The molecule has 0 saturated heterocycles. The Labute approximate surface area is 113 Å². The van der Waals surface area contributed by atoms with Crippen LogP contribution in [0.25, 0.3) is 11.3 Å². The summed E-state index contributed by atoms with van der Waals surface area (Å²) in [6.45, 7) is 4.28. The Morgan fingerprint density at radius 3 is 2.89 bits per heavy atom. The smallest absolute Gasteiger partial charge is 0.123 e. The predicted molar refractivity (Wildman–Crippen MR) is 75.1 cm³/mol. The van der Waals surface area contributed by atoms with Crippen LogP contribution in [0.1, 0.15) is 37.7 Å². The van der Waals surface area contributed by atoms with E-state index in [1.165, 1.54) is 0 Å². The molecule has 2 rings (SSSR count).